The van der Waals surface area contributed by atoms with Crippen molar-refractivity contribution in [3.63, 3.8) is 0 Å². The van der Waals surface area contributed by atoms with Crippen molar-refractivity contribution in [2.45, 2.75) is 50.9 Å². The zero-order chi connectivity index (χ0) is 14.7. The van der Waals surface area contributed by atoms with E-state index in [0.717, 1.165) is 18.6 Å². The Bertz CT molecular complexity index is 415. The largest absolute Gasteiger partial charge is 0.310 e. The van der Waals surface area contributed by atoms with E-state index in [-0.39, 0.29) is 0 Å². The van der Waals surface area contributed by atoms with Crippen molar-refractivity contribution in [3.8, 4) is 0 Å². The molecule has 0 spiro atoms. The maximum absolute atomic E-state index is 3.89. The van der Waals surface area contributed by atoms with Crippen LogP contribution in [0.3, 0.4) is 0 Å². The lowest BCUT2D eigenvalue weighted by Gasteiger charge is -2.34. The molecule has 1 N–H and O–H groups in total. The van der Waals surface area contributed by atoms with E-state index < -0.39 is 0 Å². The normalized spacial score (nSPS) is 29.0. The number of likely N-dealkylation sites (tertiary alicyclic amines) is 2. The molecule has 1 aromatic rings. The van der Waals surface area contributed by atoms with Crippen LogP contribution in [0.25, 0.3) is 0 Å². The predicted octanol–water partition coefficient (Wildman–Crippen LogP) is 2.33. The van der Waals surface area contributed by atoms with Crippen molar-refractivity contribution in [1.29, 1.82) is 0 Å². The molecule has 0 bridgehead atoms. The molecule has 2 fully saturated rings. The van der Waals surface area contributed by atoms with E-state index in [1.807, 2.05) is 0 Å². The standard InChI is InChI=1S/C18H29N3/c1-15-12-18(14-20(15)2)19-17-8-10-21(11-9-17)13-16-6-4-3-5-7-16/h3-7,15,17-19H,8-14H2,1-2H3. The van der Waals surface area contributed by atoms with Crippen LogP contribution < -0.4 is 5.32 Å². The molecule has 2 unspecified atom stereocenters. The minimum atomic E-state index is 0.704. The summed E-state index contributed by atoms with van der Waals surface area (Å²) in [6.45, 7) is 7.11. The number of piperidine rings is 1. The first kappa shape index (κ1) is 15.0. The summed E-state index contributed by atoms with van der Waals surface area (Å²) in [5.41, 5.74) is 1.44. The Hall–Kier alpha value is -0.900. The zero-order valence-electron chi connectivity index (χ0n) is 13.5. The van der Waals surface area contributed by atoms with Gasteiger partial charge in [-0.1, -0.05) is 30.3 Å². The zero-order valence-corrected chi connectivity index (χ0v) is 13.5. The SMILES string of the molecule is CC1CC(NC2CCN(Cc3ccccc3)CC2)CN1C. The summed E-state index contributed by atoms with van der Waals surface area (Å²) in [6.07, 6.45) is 3.89. The summed E-state index contributed by atoms with van der Waals surface area (Å²) in [6, 6.07) is 13.0. The molecule has 1 aromatic carbocycles. The topological polar surface area (TPSA) is 18.5 Å². The molecule has 2 heterocycles. The minimum Gasteiger partial charge on any atom is -0.310 e. The molecule has 3 heteroatoms. The monoisotopic (exact) mass is 287 g/mol. The van der Waals surface area contributed by atoms with Crippen molar-refractivity contribution < 1.29 is 0 Å². The maximum atomic E-state index is 3.89. The maximum Gasteiger partial charge on any atom is 0.0233 e. The lowest BCUT2D eigenvalue weighted by Crippen LogP contribution is -2.46. The van der Waals surface area contributed by atoms with Gasteiger partial charge in [-0.2, -0.15) is 0 Å². The molecule has 0 saturated carbocycles. The highest BCUT2D eigenvalue weighted by molar-refractivity contribution is 5.14. The highest BCUT2D eigenvalue weighted by atomic mass is 15.2. The quantitative estimate of drug-likeness (QED) is 0.917. The van der Waals surface area contributed by atoms with Gasteiger partial charge >= 0.3 is 0 Å². The summed E-state index contributed by atoms with van der Waals surface area (Å²) in [5.74, 6) is 0. The molecule has 21 heavy (non-hydrogen) atoms. The lowest BCUT2D eigenvalue weighted by atomic mass is 10.0. The summed E-state index contributed by atoms with van der Waals surface area (Å²) in [4.78, 5) is 5.07. The van der Waals surface area contributed by atoms with Crippen molar-refractivity contribution in [2.75, 3.05) is 26.7 Å². The summed E-state index contributed by atoms with van der Waals surface area (Å²) < 4.78 is 0. The molecule has 0 aromatic heterocycles. The van der Waals surface area contributed by atoms with Gasteiger partial charge in [-0.3, -0.25) is 4.90 Å². The van der Waals surface area contributed by atoms with Crippen molar-refractivity contribution in [2.24, 2.45) is 0 Å². The molecule has 3 rings (SSSR count). The van der Waals surface area contributed by atoms with Crippen LogP contribution in [-0.2, 0) is 6.54 Å². The number of hydrogen-bond acceptors (Lipinski definition) is 3. The second kappa shape index (κ2) is 6.91. The molecule has 0 amide bonds. The van der Waals surface area contributed by atoms with E-state index in [2.05, 4.69) is 59.4 Å². The first-order chi connectivity index (χ1) is 10.2. The average Bonchev–Trinajstić information content (AvgIpc) is 2.80. The van der Waals surface area contributed by atoms with Crippen LogP contribution >= 0.6 is 0 Å². The molecule has 116 valence electrons. The van der Waals surface area contributed by atoms with Crippen LogP contribution in [0.5, 0.6) is 0 Å². The van der Waals surface area contributed by atoms with Gasteiger partial charge in [0.25, 0.3) is 0 Å². The van der Waals surface area contributed by atoms with Crippen molar-refractivity contribution in [1.82, 2.24) is 15.1 Å². The number of benzene rings is 1. The van der Waals surface area contributed by atoms with Crippen molar-refractivity contribution >= 4 is 0 Å². The van der Waals surface area contributed by atoms with Gasteiger partial charge in [0.1, 0.15) is 0 Å². The van der Waals surface area contributed by atoms with Crippen LogP contribution in [0.15, 0.2) is 30.3 Å². The van der Waals surface area contributed by atoms with Crippen LogP contribution in [0, 0.1) is 0 Å². The highest BCUT2D eigenvalue weighted by Gasteiger charge is 2.29. The van der Waals surface area contributed by atoms with Crippen LogP contribution in [0.1, 0.15) is 31.7 Å². The Morgan fingerprint density at radius 1 is 1.10 bits per heavy atom. The highest BCUT2D eigenvalue weighted by Crippen LogP contribution is 2.19. The van der Waals surface area contributed by atoms with E-state index in [1.165, 1.54) is 44.5 Å². The third-order valence-corrected chi connectivity index (χ3v) is 5.19. The van der Waals surface area contributed by atoms with E-state index >= 15 is 0 Å². The molecular weight excluding hydrogens is 258 g/mol. The number of likely N-dealkylation sites (N-methyl/N-ethyl adjacent to an activating group) is 1. The molecule has 2 saturated heterocycles. The van der Waals surface area contributed by atoms with Crippen LogP contribution in [-0.4, -0.2) is 54.6 Å². The van der Waals surface area contributed by atoms with Gasteiger partial charge in [-0.05, 0) is 51.9 Å². The summed E-state index contributed by atoms with van der Waals surface area (Å²) in [7, 11) is 2.24. The number of hydrogen-bond donors (Lipinski definition) is 1. The van der Waals surface area contributed by atoms with Gasteiger partial charge in [0.2, 0.25) is 0 Å². The Morgan fingerprint density at radius 3 is 2.43 bits per heavy atom. The summed E-state index contributed by atoms with van der Waals surface area (Å²) >= 11 is 0. The molecule has 2 atom stereocenters. The van der Waals surface area contributed by atoms with Gasteiger partial charge < -0.3 is 10.2 Å². The van der Waals surface area contributed by atoms with Gasteiger partial charge in [0.05, 0.1) is 0 Å². The van der Waals surface area contributed by atoms with E-state index in [9.17, 15) is 0 Å². The Balaban J connectivity index is 1.41. The molecule has 3 nitrogen and oxygen atoms in total. The number of nitrogens with one attached hydrogen (secondary N) is 1. The lowest BCUT2D eigenvalue weighted by molar-refractivity contribution is 0.184. The first-order valence-electron chi connectivity index (χ1n) is 8.43. The Morgan fingerprint density at radius 2 is 1.81 bits per heavy atom. The molecule has 0 aliphatic carbocycles. The van der Waals surface area contributed by atoms with Gasteiger partial charge in [-0.25, -0.2) is 0 Å². The third-order valence-electron chi connectivity index (χ3n) is 5.19. The second-order valence-electron chi connectivity index (χ2n) is 6.92. The third kappa shape index (κ3) is 4.06. The predicted molar refractivity (Wildman–Crippen MR) is 88.4 cm³/mol. The fraction of sp³-hybridized carbons (Fsp3) is 0.667. The molecule has 0 radical (unpaired) electrons. The smallest absolute Gasteiger partial charge is 0.0233 e. The average molecular weight is 287 g/mol. The van der Waals surface area contributed by atoms with Crippen LogP contribution in [0.4, 0.5) is 0 Å². The fourth-order valence-electron chi connectivity index (χ4n) is 3.75. The number of nitrogens with zero attached hydrogens (tertiary/aromatic N) is 2. The van der Waals surface area contributed by atoms with E-state index in [4.69, 9.17) is 0 Å². The number of rotatable bonds is 4. The molecular formula is C18H29N3. The van der Waals surface area contributed by atoms with Crippen molar-refractivity contribution in [3.05, 3.63) is 35.9 Å². The molecule has 2 aliphatic heterocycles. The van der Waals surface area contributed by atoms with Crippen LogP contribution in [0.2, 0.25) is 0 Å². The van der Waals surface area contributed by atoms with E-state index in [0.29, 0.717) is 6.04 Å². The van der Waals surface area contributed by atoms with E-state index in [1.54, 1.807) is 0 Å². The second-order valence-corrected chi connectivity index (χ2v) is 6.92. The summed E-state index contributed by atoms with van der Waals surface area (Å²) in [5, 5.41) is 3.89. The fourth-order valence-corrected chi connectivity index (χ4v) is 3.75. The van der Waals surface area contributed by atoms with Gasteiger partial charge in [-0.15, -0.1) is 0 Å². The van der Waals surface area contributed by atoms with Gasteiger partial charge in [0, 0.05) is 31.2 Å². The van der Waals surface area contributed by atoms with Gasteiger partial charge in [0.15, 0.2) is 0 Å². The Labute approximate surface area is 129 Å². The first-order valence-corrected chi connectivity index (χ1v) is 8.43. The minimum absolute atomic E-state index is 0.704. The molecule has 2 aliphatic rings. The Kier molecular flexibility index (Phi) is 4.94.